The van der Waals surface area contributed by atoms with Crippen molar-refractivity contribution in [2.45, 2.75) is 44.9 Å². The van der Waals surface area contributed by atoms with Crippen LogP contribution in [-0.2, 0) is 9.59 Å². The number of thiazole rings is 1. The fourth-order valence-electron chi connectivity index (χ4n) is 3.61. The van der Waals surface area contributed by atoms with Crippen LogP contribution in [-0.4, -0.2) is 52.0 Å². The molecule has 4 N–H and O–H groups in total. The molecule has 2 heterocycles. The van der Waals surface area contributed by atoms with E-state index >= 15 is 0 Å². The molecule has 150 valence electrons. The minimum absolute atomic E-state index is 0.109. The number of amides is 2. The highest BCUT2D eigenvalue weighted by molar-refractivity contribution is 7.13. The number of aryl methyl sites for hydroxylation is 1. The minimum atomic E-state index is -0.778. The van der Waals surface area contributed by atoms with Gasteiger partial charge in [0.25, 0.3) is 0 Å². The molecule has 3 atom stereocenters. The van der Waals surface area contributed by atoms with Gasteiger partial charge in [-0.15, -0.1) is 11.3 Å². The Balaban J connectivity index is 1.76. The van der Waals surface area contributed by atoms with E-state index in [4.69, 9.17) is 5.73 Å². The van der Waals surface area contributed by atoms with Crippen molar-refractivity contribution in [1.82, 2.24) is 15.2 Å². The summed E-state index contributed by atoms with van der Waals surface area (Å²) in [6.45, 7) is 4.04. The second-order valence-electron chi connectivity index (χ2n) is 7.07. The first-order valence-corrected chi connectivity index (χ1v) is 10.3. The molecule has 3 rings (SSSR count). The van der Waals surface area contributed by atoms with Crippen LogP contribution in [0.3, 0.4) is 0 Å². The number of aromatic nitrogens is 1. The maximum atomic E-state index is 12.8. The highest BCUT2D eigenvalue weighted by Crippen LogP contribution is 2.29. The summed E-state index contributed by atoms with van der Waals surface area (Å²) in [4.78, 5) is 31.7. The number of hydrogen-bond donors (Lipinski definition) is 3. The van der Waals surface area contributed by atoms with Gasteiger partial charge in [-0.25, -0.2) is 4.98 Å². The second-order valence-corrected chi connectivity index (χ2v) is 7.92. The number of carbonyl (C=O) groups is 2. The van der Waals surface area contributed by atoms with E-state index in [-0.39, 0.29) is 18.4 Å². The number of hydrogen-bond acceptors (Lipinski definition) is 6. The van der Waals surface area contributed by atoms with E-state index in [0.29, 0.717) is 13.0 Å². The maximum absolute atomic E-state index is 12.8. The molecule has 1 aliphatic heterocycles. The van der Waals surface area contributed by atoms with Gasteiger partial charge in [0.05, 0.1) is 34.8 Å². The average Bonchev–Trinajstić information content (AvgIpc) is 3.34. The number of likely N-dealkylation sites (tertiary alicyclic amines) is 1. The SMILES string of the molecule is Cc1ncsc1-c1ccc(C(NC(=O)C2CCCN2C(=O)CN)C(C)O)cc1. The van der Waals surface area contributed by atoms with Gasteiger partial charge in [0.2, 0.25) is 11.8 Å². The molecular formula is C20H26N4O3S. The molecule has 0 saturated carbocycles. The summed E-state index contributed by atoms with van der Waals surface area (Å²) in [5, 5.41) is 13.2. The largest absolute Gasteiger partial charge is 0.391 e. The zero-order valence-corrected chi connectivity index (χ0v) is 16.9. The van der Waals surface area contributed by atoms with E-state index in [0.717, 1.165) is 28.1 Å². The lowest BCUT2D eigenvalue weighted by Gasteiger charge is -2.28. The molecular weight excluding hydrogens is 376 g/mol. The molecule has 1 fully saturated rings. The highest BCUT2D eigenvalue weighted by atomic mass is 32.1. The molecule has 0 aliphatic carbocycles. The summed E-state index contributed by atoms with van der Waals surface area (Å²) < 4.78 is 0. The predicted octanol–water partition coefficient (Wildman–Crippen LogP) is 1.61. The van der Waals surface area contributed by atoms with Gasteiger partial charge in [-0.3, -0.25) is 9.59 Å². The Morgan fingerprint density at radius 2 is 2.11 bits per heavy atom. The van der Waals surface area contributed by atoms with Gasteiger partial charge in [-0.2, -0.15) is 0 Å². The number of aliphatic hydroxyl groups is 1. The Hall–Kier alpha value is -2.29. The van der Waals surface area contributed by atoms with Gasteiger partial charge in [0, 0.05) is 6.54 Å². The summed E-state index contributed by atoms with van der Waals surface area (Å²) >= 11 is 1.58. The minimum Gasteiger partial charge on any atom is -0.391 e. The third-order valence-corrected chi connectivity index (χ3v) is 6.09. The second kappa shape index (κ2) is 8.81. The lowest BCUT2D eigenvalue weighted by molar-refractivity contribution is -0.138. The zero-order chi connectivity index (χ0) is 20.3. The van der Waals surface area contributed by atoms with Gasteiger partial charge in [0.1, 0.15) is 6.04 Å². The molecule has 1 aliphatic rings. The molecule has 3 unspecified atom stereocenters. The Kier molecular flexibility index (Phi) is 6.43. The molecule has 1 saturated heterocycles. The smallest absolute Gasteiger partial charge is 0.243 e. The highest BCUT2D eigenvalue weighted by Gasteiger charge is 2.35. The lowest BCUT2D eigenvalue weighted by atomic mass is 9.99. The van der Waals surface area contributed by atoms with Crippen LogP contribution in [0.4, 0.5) is 0 Å². The Bertz CT molecular complexity index is 834. The van der Waals surface area contributed by atoms with Crippen LogP contribution in [0, 0.1) is 6.92 Å². The van der Waals surface area contributed by atoms with Crippen LogP contribution in [0.5, 0.6) is 0 Å². The fraction of sp³-hybridized carbons (Fsp3) is 0.450. The molecule has 0 bridgehead atoms. The summed E-state index contributed by atoms with van der Waals surface area (Å²) in [5.41, 5.74) is 10.1. The summed E-state index contributed by atoms with van der Waals surface area (Å²) in [6.07, 6.45) is 0.597. The number of nitrogens with two attached hydrogens (primary N) is 1. The number of nitrogens with one attached hydrogen (secondary N) is 1. The first-order valence-electron chi connectivity index (χ1n) is 9.40. The summed E-state index contributed by atoms with van der Waals surface area (Å²) in [7, 11) is 0. The van der Waals surface area contributed by atoms with Crippen LogP contribution in [0.25, 0.3) is 10.4 Å². The van der Waals surface area contributed by atoms with Gasteiger partial charge in [-0.05, 0) is 37.8 Å². The van der Waals surface area contributed by atoms with E-state index < -0.39 is 18.2 Å². The van der Waals surface area contributed by atoms with E-state index in [2.05, 4.69) is 10.3 Å². The first kappa shape index (κ1) is 20.4. The van der Waals surface area contributed by atoms with Crippen molar-refractivity contribution in [1.29, 1.82) is 0 Å². The number of aliphatic hydroxyl groups excluding tert-OH is 1. The molecule has 2 amide bonds. The molecule has 7 nitrogen and oxygen atoms in total. The van der Waals surface area contributed by atoms with Crippen molar-refractivity contribution in [3.8, 4) is 10.4 Å². The molecule has 8 heteroatoms. The Morgan fingerprint density at radius 3 is 2.68 bits per heavy atom. The van der Waals surface area contributed by atoms with E-state index in [1.165, 1.54) is 4.90 Å². The lowest BCUT2D eigenvalue weighted by Crippen LogP contribution is -2.49. The van der Waals surface area contributed by atoms with E-state index in [1.54, 1.807) is 18.3 Å². The Labute approximate surface area is 168 Å². The molecule has 2 aromatic rings. The standard InChI is InChI=1S/C20H26N4O3S/c1-12-19(28-11-22-12)15-7-5-14(6-8-15)18(13(2)25)23-20(27)16-4-3-9-24(16)17(26)10-21/h5-8,11,13,16,18,25H,3-4,9-10,21H2,1-2H3,(H,23,27). The van der Waals surface area contributed by atoms with Crippen molar-refractivity contribution >= 4 is 23.2 Å². The van der Waals surface area contributed by atoms with Crippen molar-refractivity contribution < 1.29 is 14.7 Å². The quantitative estimate of drug-likeness (QED) is 0.680. The molecule has 0 spiro atoms. The van der Waals surface area contributed by atoms with Crippen LogP contribution >= 0.6 is 11.3 Å². The maximum Gasteiger partial charge on any atom is 0.243 e. The van der Waals surface area contributed by atoms with Gasteiger partial charge >= 0.3 is 0 Å². The molecule has 1 aromatic heterocycles. The predicted molar refractivity (Wildman–Crippen MR) is 109 cm³/mol. The molecule has 0 radical (unpaired) electrons. The normalized spacial score (nSPS) is 18.7. The van der Waals surface area contributed by atoms with E-state index in [1.807, 2.05) is 36.7 Å². The molecule has 1 aromatic carbocycles. The van der Waals surface area contributed by atoms with Crippen LogP contribution in [0.2, 0.25) is 0 Å². The van der Waals surface area contributed by atoms with Gasteiger partial charge in [-0.1, -0.05) is 24.3 Å². The van der Waals surface area contributed by atoms with Crippen molar-refractivity contribution in [3.05, 3.63) is 41.0 Å². The summed E-state index contributed by atoms with van der Waals surface area (Å²) in [6, 6.07) is 6.66. The van der Waals surface area contributed by atoms with Crippen molar-refractivity contribution in [2.24, 2.45) is 5.73 Å². The third-order valence-electron chi connectivity index (χ3n) is 5.11. The van der Waals surface area contributed by atoms with Crippen molar-refractivity contribution in [3.63, 3.8) is 0 Å². The van der Waals surface area contributed by atoms with Gasteiger partial charge < -0.3 is 21.1 Å². The fourth-order valence-corrected chi connectivity index (χ4v) is 4.42. The van der Waals surface area contributed by atoms with Crippen molar-refractivity contribution in [2.75, 3.05) is 13.1 Å². The number of carbonyl (C=O) groups excluding carboxylic acids is 2. The van der Waals surface area contributed by atoms with Crippen LogP contribution < -0.4 is 11.1 Å². The third kappa shape index (κ3) is 4.24. The monoisotopic (exact) mass is 402 g/mol. The summed E-state index contributed by atoms with van der Waals surface area (Å²) in [5.74, 6) is -0.483. The zero-order valence-electron chi connectivity index (χ0n) is 16.1. The molecule has 28 heavy (non-hydrogen) atoms. The number of benzene rings is 1. The number of nitrogens with zero attached hydrogens (tertiary/aromatic N) is 2. The van der Waals surface area contributed by atoms with Gasteiger partial charge in [0.15, 0.2) is 0 Å². The first-order chi connectivity index (χ1) is 13.4. The number of rotatable bonds is 6. The van der Waals surface area contributed by atoms with E-state index in [9.17, 15) is 14.7 Å². The average molecular weight is 403 g/mol. The Morgan fingerprint density at radius 1 is 1.39 bits per heavy atom. The topological polar surface area (TPSA) is 109 Å². The van der Waals surface area contributed by atoms with Crippen LogP contribution in [0.1, 0.15) is 37.1 Å². The van der Waals surface area contributed by atoms with Crippen LogP contribution in [0.15, 0.2) is 29.8 Å².